The van der Waals surface area contributed by atoms with Gasteiger partial charge in [-0.25, -0.2) is 9.59 Å². The van der Waals surface area contributed by atoms with Crippen LogP contribution in [0.4, 0.5) is 0 Å². The third-order valence-corrected chi connectivity index (χ3v) is 9.62. The molecule has 0 saturated heterocycles. The Kier molecular flexibility index (Phi) is 15.4. The number of hydrogen-bond donors (Lipinski definition) is 0. The second-order valence-electron chi connectivity index (χ2n) is 13.5. The van der Waals surface area contributed by atoms with Crippen molar-refractivity contribution in [2.75, 3.05) is 19.8 Å². The number of carbonyl (C=O) groups is 2. The molecular weight excluding hydrogens is 588 g/mol. The van der Waals surface area contributed by atoms with E-state index in [9.17, 15) is 9.59 Å². The first-order valence-corrected chi connectivity index (χ1v) is 18.1. The van der Waals surface area contributed by atoms with Crippen molar-refractivity contribution in [2.45, 2.75) is 104 Å². The Morgan fingerprint density at radius 3 is 1.51 bits per heavy atom. The third-order valence-electron chi connectivity index (χ3n) is 9.62. The molecule has 47 heavy (non-hydrogen) atoms. The maximum absolute atomic E-state index is 12.6. The Bertz CT molecular complexity index is 1250. The van der Waals surface area contributed by atoms with Gasteiger partial charge in [-0.1, -0.05) is 63.8 Å². The Hall–Kier alpha value is -3.54. The molecule has 6 heteroatoms. The molecule has 2 aromatic carbocycles. The van der Waals surface area contributed by atoms with Crippen LogP contribution in [0.3, 0.4) is 0 Å². The first-order chi connectivity index (χ1) is 22.9. The normalized spacial score (nSPS) is 22.2. The van der Waals surface area contributed by atoms with Gasteiger partial charge >= 0.3 is 11.9 Å². The number of rotatable bonds is 17. The summed E-state index contributed by atoms with van der Waals surface area (Å²) >= 11 is 0. The van der Waals surface area contributed by atoms with Crippen molar-refractivity contribution in [3.8, 4) is 11.5 Å². The lowest BCUT2D eigenvalue weighted by Crippen LogP contribution is -2.22. The van der Waals surface area contributed by atoms with E-state index >= 15 is 0 Å². The summed E-state index contributed by atoms with van der Waals surface area (Å²) < 4.78 is 22.6. The Balaban J connectivity index is 1.09. The average molecular weight is 645 g/mol. The van der Waals surface area contributed by atoms with Crippen LogP contribution in [0.2, 0.25) is 0 Å². The quantitative estimate of drug-likeness (QED) is 0.126. The molecule has 256 valence electrons. The SMILES string of the molecule is CCC[C@H]1CC[C@H](C=CCOc2ccc(C(=O)OC[C@@H](C)OC(=O)c3ccc(OCC=C[C@H]4CC[C@H](CCC)CC4)cc3)cc2)CC1. The van der Waals surface area contributed by atoms with Crippen LogP contribution in [0.5, 0.6) is 11.5 Å². The van der Waals surface area contributed by atoms with Gasteiger partial charge in [0.05, 0.1) is 11.1 Å². The maximum atomic E-state index is 12.6. The highest BCUT2D eigenvalue weighted by Crippen LogP contribution is 2.33. The van der Waals surface area contributed by atoms with Crippen LogP contribution >= 0.6 is 0 Å². The van der Waals surface area contributed by atoms with Gasteiger partial charge in [0.15, 0.2) is 0 Å². The number of ether oxygens (including phenoxy) is 4. The molecule has 0 radical (unpaired) electrons. The molecule has 0 unspecified atom stereocenters. The van der Waals surface area contributed by atoms with Gasteiger partial charge in [-0.3, -0.25) is 0 Å². The van der Waals surface area contributed by atoms with Gasteiger partial charge in [-0.15, -0.1) is 0 Å². The number of hydrogen-bond acceptors (Lipinski definition) is 6. The molecule has 2 saturated carbocycles. The predicted octanol–water partition coefficient (Wildman–Crippen LogP) is 10.2. The van der Waals surface area contributed by atoms with Crippen molar-refractivity contribution in [1.29, 1.82) is 0 Å². The lowest BCUT2D eigenvalue weighted by atomic mass is 9.80. The van der Waals surface area contributed by atoms with E-state index in [1.807, 2.05) is 0 Å². The summed E-state index contributed by atoms with van der Waals surface area (Å²) in [7, 11) is 0. The van der Waals surface area contributed by atoms with Gasteiger partial charge in [0, 0.05) is 0 Å². The topological polar surface area (TPSA) is 71.1 Å². The highest BCUT2D eigenvalue weighted by molar-refractivity contribution is 5.90. The van der Waals surface area contributed by atoms with E-state index in [0.717, 1.165) is 11.8 Å². The third kappa shape index (κ3) is 12.9. The molecular formula is C41H56O6. The van der Waals surface area contributed by atoms with Crippen LogP contribution in [-0.4, -0.2) is 37.9 Å². The fourth-order valence-corrected chi connectivity index (χ4v) is 6.88. The second-order valence-corrected chi connectivity index (χ2v) is 13.5. The molecule has 1 atom stereocenters. The summed E-state index contributed by atoms with van der Waals surface area (Å²) in [6, 6.07) is 13.8. The van der Waals surface area contributed by atoms with Gasteiger partial charge < -0.3 is 18.9 Å². The van der Waals surface area contributed by atoms with Crippen LogP contribution in [0.15, 0.2) is 72.8 Å². The van der Waals surface area contributed by atoms with Crippen molar-refractivity contribution in [1.82, 2.24) is 0 Å². The Morgan fingerprint density at radius 2 is 1.09 bits per heavy atom. The molecule has 0 heterocycles. The van der Waals surface area contributed by atoms with Crippen LogP contribution in [0, 0.1) is 23.7 Å². The monoisotopic (exact) mass is 644 g/mol. The molecule has 6 nitrogen and oxygen atoms in total. The molecule has 0 amide bonds. The van der Waals surface area contributed by atoms with Crippen molar-refractivity contribution in [3.63, 3.8) is 0 Å². The van der Waals surface area contributed by atoms with Gasteiger partial charge in [-0.05, 0) is 130 Å². The Morgan fingerprint density at radius 1 is 0.660 bits per heavy atom. The number of esters is 2. The standard InChI is InChI=1S/C41H56O6/c1-4-8-32-12-16-34(17-13-32)10-6-28-44-38-24-20-36(21-25-38)40(42)46-30-31(3)47-41(43)37-22-26-39(27-23-37)45-29-7-11-35-18-14-33(9-5-2)15-19-35/h6-7,10-11,20-27,31-35H,4-5,8-9,12-19,28-30H2,1-3H3/t31-,32-,33-,34-,35-/m1/s1. The van der Waals surface area contributed by atoms with E-state index < -0.39 is 18.0 Å². The largest absolute Gasteiger partial charge is 0.490 e. The van der Waals surface area contributed by atoms with Gasteiger partial charge in [0.2, 0.25) is 0 Å². The summed E-state index contributed by atoms with van der Waals surface area (Å²) in [5.74, 6) is 3.60. The van der Waals surface area contributed by atoms with Gasteiger partial charge in [0.25, 0.3) is 0 Å². The summed E-state index contributed by atoms with van der Waals surface area (Å²) in [6.07, 6.45) is 24.0. The first kappa shape index (κ1) is 36.3. The molecule has 0 N–H and O–H groups in total. The second kappa shape index (κ2) is 20.0. The zero-order valence-corrected chi connectivity index (χ0v) is 28.9. The zero-order valence-electron chi connectivity index (χ0n) is 28.9. The molecule has 2 aliphatic carbocycles. The predicted molar refractivity (Wildman–Crippen MR) is 188 cm³/mol. The number of carbonyl (C=O) groups excluding carboxylic acids is 2. The zero-order chi connectivity index (χ0) is 33.3. The molecule has 2 aliphatic rings. The van der Waals surface area contributed by atoms with E-state index in [4.69, 9.17) is 18.9 Å². The van der Waals surface area contributed by atoms with Crippen LogP contribution in [0.25, 0.3) is 0 Å². The highest BCUT2D eigenvalue weighted by atomic mass is 16.6. The van der Waals surface area contributed by atoms with Crippen molar-refractivity contribution in [3.05, 3.63) is 84.0 Å². The fourth-order valence-electron chi connectivity index (χ4n) is 6.88. The smallest absolute Gasteiger partial charge is 0.338 e. The Labute approximate surface area is 282 Å². The molecule has 4 rings (SSSR count). The van der Waals surface area contributed by atoms with E-state index in [2.05, 4.69) is 38.2 Å². The van der Waals surface area contributed by atoms with E-state index in [0.29, 0.717) is 47.7 Å². The van der Waals surface area contributed by atoms with E-state index in [1.165, 1.54) is 77.0 Å². The minimum atomic E-state index is -0.597. The summed E-state index contributed by atoms with van der Waals surface area (Å²) in [5.41, 5.74) is 0.833. The average Bonchev–Trinajstić information content (AvgIpc) is 3.09. The molecule has 0 aliphatic heterocycles. The van der Waals surface area contributed by atoms with Gasteiger partial charge in [0.1, 0.15) is 37.4 Å². The number of benzene rings is 2. The minimum Gasteiger partial charge on any atom is -0.490 e. The highest BCUT2D eigenvalue weighted by Gasteiger charge is 2.20. The van der Waals surface area contributed by atoms with E-state index in [1.54, 1.807) is 55.5 Å². The molecule has 0 bridgehead atoms. The van der Waals surface area contributed by atoms with E-state index in [-0.39, 0.29) is 6.61 Å². The van der Waals surface area contributed by atoms with Crippen molar-refractivity contribution < 1.29 is 28.5 Å². The fraction of sp³-hybridized carbons (Fsp3) is 0.561. The summed E-state index contributed by atoms with van der Waals surface area (Å²) in [6.45, 7) is 7.22. The maximum Gasteiger partial charge on any atom is 0.338 e. The minimum absolute atomic E-state index is 0.0399. The summed E-state index contributed by atoms with van der Waals surface area (Å²) in [5, 5.41) is 0. The lowest BCUT2D eigenvalue weighted by Gasteiger charge is -2.26. The van der Waals surface area contributed by atoms with Crippen LogP contribution in [-0.2, 0) is 9.47 Å². The lowest BCUT2D eigenvalue weighted by molar-refractivity contribution is 0.00447. The van der Waals surface area contributed by atoms with Gasteiger partial charge in [-0.2, -0.15) is 0 Å². The summed E-state index contributed by atoms with van der Waals surface area (Å²) in [4.78, 5) is 25.2. The molecule has 0 aromatic heterocycles. The first-order valence-electron chi connectivity index (χ1n) is 18.1. The molecule has 2 fully saturated rings. The molecule has 0 spiro atoms. The van der Waals surface area contributed by atoms with Crippen molar-refractivity contribution >= 4 is 11.9 Å². The van der Waals surface area contributed by atoms with Crippen LogP contribution < -0.4 is 9.47 Å². The van der Waals surface area contributed by atoms with Crippen molar-refractivity contribution in [2.24, 2.45) is 23.7 Å². The molecule has 2 aromatic rings. The van der Waals surface area contributed by atoms with Crippen LogP contribution in [0.1, 0.15) is 119 Å². The number of allylic oxidation sites excluding steroid dienone is 2.